The van der Waals surface area contributed by atoms with E-state index in [9.17, 15) is 29.1 Å². The van der Waals surface area contributed by atoms with Crippen LogP contribution in [0.25, 0.3) is 0 Å². The maximum Gasteiger partial charge on any atom is 0.408 e. The highest BCUT2D eigenvalue weighted by Gasteiger charge is 2.69. The zero-order valence-electron chi connectivity index (χ0n) is 22.5. The van der Waals surface area contributed by atoms with E-state index in [1.54, 1.807) is 20.8 Å². The number of rotatable bonds is 9. The molecule has 3 N–H and O–H groups in total. The molecule has 206 valence electrons. The third kappa shape index (κ3) is 6.33. The third-order valence-electron chi connectivity index (χ3n) is 8.07. The Labute approximate surface area is 218 Å². The van der Waals surface area contributed by atoms with E-state index in [4.69, 9.17) is 4.74 Å². The Morgan fingerprint density at radius 1 is 1.11 bits per heavy atom. The molecular formula is C27H41N3O7. The number of alkyl carbamates (subject to hydrolysis) is 1. The van der Waals surface area contributed by atoms with E-state index in [-0.39, 0.29) is 35.5 Å². The van der Waals surface area contributed by atoms with E-state index in [1.807, 2.05) is 13.8 Å². The summed E-state index contributed by atoms with van der Waals surface area (Å²) in [6.07, 6.45) is 5.18. The normalized spacial score (nSPS) is 26.3. The number of carboxylic acid groups (broad SMARTS) is 1. The number of nitrogens with one attached hydrogen (secondary N) is 2. The van der Waals surface area contributed by atoms with Crippen molar-refractivity contribution in [1.29, 1.82) is 0 Å². The molecule has 2 saturated carbocycles. The molecule has 3 amide bonds. The SMILES string of the molecule is C=CCC(NC(=O)[C@@H]1[C@@H]2[C@H](CN1C(=O)[C@@H](NC(=O)OC(C)(C)C)C1CCCCC1)C2(C)C)C(=O)C(=O)O. The van der Waals surface area contributed by atoms with Gasteiger partial charge in [0, 0.05) is 6.54 Å². The molecule has 2 aliphatic carbocycles. The van der Waals surface area contributed by atoms with Crippen LogP contribution in [0.15, 0.2) is 12.7 Å². The summed E-state index contributed by atoms with van der Waals surface area (Å²) in [6, 6.07) is -2.97. The molecule has 1 heterocycles. The number of hydrogen-bond donors (Lipinski definition) is 3. The highest BCUT2D eigenvalue weighted by Crippen LogP contribution is 2.65. The van der Waals surface area contributed by atoms with Crippen LogP contribution in [0.5, 0.6) is 0 Å². The molecule has 10 heteroatoms. The zero-order chi connectivity index (χ0) is 27.7. The predicted octanol–water partition coefficient (Wildman–Crippen LogP) is 2.66. The molecule has 3 fully saturated rings. The van der Waals surface area contributed by atoms with Gasteiger partial charge in [-0.15, -0.1) is 6.58 Å². The number of likely N-dealkylation sites (tertiary alicyclic amines) is 1. The second-order valence-electron chi connectivity index (χ2n) is 12.2. The monoisotopic (exact) mass is 519 g/mol. The Morgan fingerprint density at radius 2 is 1.73 bits per heavy atom. The number of Topliss-reactive ketones (excluding diaryl/α,β-unsaturated/α-hetero) is 1. The van der Waals surface area contributed by atoms with E-state index in [1.165, 1.54) is 11.0 Å². The number of piperidine rings is 1. The number of carbonyl (C=O) groups excluding carboxylic acids is 4. The van der Waals surface area contributed by atoms with Crippen LogP contribution in [0.3, 0.4) is 0 Å². The van der Waals surface area contributed by atoms with E-state index in [2.05, 4.69) is 17.2 Å². The first-order valence-corrected chi connectivity index (χ1v) is 13.2. The van der Waals surface area contributed by atoms with Crippen LogP contribution in [0.1, 0.15) is 73.1 Å². The number of carboxylic acids is 1. The highest BCUT2D eigenvalue weighted by molar-refractivity contribution is 6.35. The van der Waals surface area contributed by atoms with Gasteiger partial charge in [0.15, 0.2) is 0 Å². The van der Waals surface area contributed by atoms with Gasteiger partial charge >= 0.3 is 12.1 Å². The number of ether oxygens (including phenoxy) is 1. The van der Waals surface area contributed by atoms with Crippen molar-refractivity contribution < 1.29 is 33.8 Å². The van der Waals surface area contributed by atoms with Gasteiger partial charge in [-0.3, -0.25) is 14.4 Å². The molecule has 0 radical (unpaired) electrons. The molecule has 0 spiro atoms. The fourth-order valence-corrected chi connectivity index (χ4v) is 6.08. The lowest BCUT2D eigenvalue weighted by Gasteiger charge is -2.37. The quantitative estimate of drug-likeness (QED) is 0.314. The van der Waals surface area contributed by atoms with Gasteiger partial charge in [0.25, 0.3) is 5.78 Å². The minimum atomic E-state index is -1.64. The molecular weight excluding hydrogens is 478 g/mol. The lowest BCUT2D eigenvalue weighted by Crippen LogP contribution is -2.59. The minimum Gasteiger partial charge on any atom is -0.475 e. The van der Waals surface area contributed by atoms with Crippen molar-refractivity contribution in [3.05, 3.63) is 12.7 Å². The first kappa shape index (κ1) is 28.7. The van der Waals surface area contributed by atoms with Gasteiger partial charge in [-0.25, -0.2) is 9.59 Å². The molecule has 0 aromatic rings. The van der Waals surface area contributed by atoms with E-state index in [0.29, 0.717) is 6.54 Å². The Hall–Kier alpha value is -2.91. The predicted molar refractivity (Wildman–Crippen MR) is 135 cm³/mol. The zero-order valence-corrected chi connectivity index (χ0v) is 22.5. The molecule has 3 aliphatic rings. The summed E-state index contributed by atoms with van der Waals surface area (Å²) < 4.78 is 5.43. The molecule has 0 aromatic carbocycles. The number of carbonyl (C=O) groups is 5. The summed E-state index contributed by atoms with van der Waals surface area (Å²) in [5.74, 6) is -3.80. The minimum absolute atomic E-state index is 0.0417. The molecule has 1 unspecified atom stereocenters. The van der Waals surface area contributed by atoms with Crippen molar-refractivity contribution in [2.24, 2.45) is 23.2 Å². The maximum absolute atomic E-state index is 14.0. The molecule has 0 bridgehead atoms. The largest absolute Gasteiger partial charge is 0.475 e. The summed E-state index contributed by atoms with van der Waals surface area (Å²) in [5, 5.41) is 14.5. The van der Waals surface area contributed by atoms with Crippen LogP contribution in [0, 0.1) is 23.2 Å². The number of aliphatic carboxylic acids is 1. The second-order valence-corrected chi connectivity index (χ2v) is 12.2. The average Bonchev–Trinajstić information content (AvgIpc) is 3.14. The number of ketones is 1. The summed E-state index contributed by atoms with van der Waals surface area (Å²) in [5.41, 5.74) is -0.911. The molecule has 37 heavy (non-hydrogen) atoms. The van der Waals surface area contributed by atoms with Crippen LogP contribution in [-0.2, 0) is 23.9 Å². The van der Waals surface area contributed by atoms with Crippen LogP contribution in [-0.4, -0.2) is 69.9 Å². The molecule has 10 nitrogen and oxygen atoms in total. The smallest absolute Gasteiger partial charge is 0.408 e. The Morgan fingerprint density at radius 3 is 2.27 bits per heavy atom. The molecule has 5 atom stereocenters. The van der Waals surface area contributed by atoms with Crippen molar-refractivity contribution >= 4 is 29.7 Å². The Bertz CT molecular complexity index is 948. The van der Waals surface area contributed by atoms with Gasteiger partial charge in [-0.1, -0.05) is 39.2 Å². The van der Waals surface area contributed by atoms with Crippen LogP contribution in [0.2, 0.25) is 0 Å². The standard InChI is InChI=1S/C27H41N3O7/c1-7-11-17(21(31)24(34)35)28-22(32)20-18-16(27(18,5)6)14-30(20)23(33)19(15-12-9-8-10-13-15)29-25(36)37-26(2,3)4/h7,15-20H,1,8-14H2,2-6H3,(H,28,32)(H,29,36)(H,34,35)/t16-,17?,18-,19-,20-/m0/s1. The number of amides is 3. The van der Waals surface area contributed by atoms with E-state index >= 15 is 0 Å². The lowest BCUT2D eigenvalue weighted by molar-refractivity contribution is -0.151. The van der Waals surface area contributed by atoms with E-state index in [0.717, 1.165) is 32.1 Å². The average molecular weight is 520 g/mol. The topological polar surface area (TPSA) is 142 Å². The summed E-state index contributed by atoms with van der Waals surface area (Å²) >= 11 is 0. The molecule has 3 rings (SSSR count). The van der Waals surface area contributed by atoms with Gasteiger partial charge in [0.05, 0.1) is 0 Å². The van der Waals surface area contributed by atoms with Crippen LogP contribution >= 0.6 is 0 Å². The second kappa shape index (κ2) is 10.8. The molecule has 1 saturated heterocycles. The van der Waals surface area contributed by atoms with Gasteiger partial charge in [-0.05, 0) is 63.2 Å². The van der Waals surface area contributed by atoms with Crippen molar-refractivity contribution in [1.82, 2.24) is 15.5 Å². The van der Waals surface area contributed by atoms with Gasteiger partial charge in [0.2, 0.25) is 11.8 Å². The Kier molecular flexibility index (Phi) is 8.39. The maximum atomic E-state index is 14.0. The summed E-state index contributed by atoms with van der Waals surface area (Å²) in [7, 11) is 0. The van der Waals surface area contributed by atoms with Crippen LogP contribution in [0.4, 0.5) is 4.79 Å². The number of hydrogen-bond acceptors (Lipinski definition) is 6. The van der Waals surface area contributed by atoms with Gasteiger partial charge in [-0.2, -0.15) is 0 Å². The highest BCUT2D eigenvalue weighted by atomic mass is 16.6. The summed E-state index contributed by atoms with van der Waals surface area (Å²) in [6.45, 7) is 13.2. The lowest BCUT2D eigenvalue weighted by atomic mass is 9.83. The van der Waals surface area contributed by atoms with Crippen molar-refractivity contribution in [2.75, 3.05) is 6.54 Å². The van der Waals surface area contributed by atoms with E-state index < -0.39 is 47.5 Å². The summed E-state index contributed by atoms with van der Waals surface area (Å²) in [4.78, 5) is 65.2. The molecule has 0 aromatic heterocycles. The Balaban J connectivity index is 1.86. The number of fused-ring (bicyclic) bond motifs is 1. The first-order chi connectivity index (χ1) is 17.2. The van der Waals surface area contributed by atoms with Crippen molar-refractivity contribution in [3.8, 4) is 0 Å². The van der Waals surface area contributed by atoms with Crippen molar-refractivity contribution in [3.63, 3.8) is 0 Å². The third-order valence-corrected chi connectivity index (χ3v) is 8.07. The van der Waals surface area contributed by atoms with Crippen LogP contribution < -0.4 is 10.6 Å². The van der Waals surface area contributed by atoms with Gasteiger partial charge < -0.3 is 25.4 Å². The molecule has 1 aliphatic heterocycles. The van der Waals surface area contributed by atoms with Gasteiger partial charge in [0.1, 0.15) is 23.7 Å². The fourth-order valence-electron chi connectivity index (χ4n) is 6.08. The number of nitrogens with zero attached hydrogens (tertiary/aromatic N) is 1. The fraction of sp³-hybridized carbons (Fsp3) is 0.741. The van der Waals surface area contributed by atoms with Crippen molar-refractivity contribution in [2.45, 2.75) is 96.9 Å². The first-order valence-electron chi connectivity index (χ1n) is 13.2.